The summed E-state index contributed by atoms with van der Waals surface area (Å²) >= 11 is 0. The maximum atomic E-state index is 12.2. The molecule has 1 N–H and O–H groups in total. The first kappa shape index (κ1) is 18.7. The molecule has 0 fully saturated rings. The molecule has 1 amide bonds. The molecule has 0 spiro atoms. The molecule has 132 valence electrons. The Kier molecular flexibility index (Phi) is 5.98. The van der Waals surface area contributed by atoms with Crippen molar-refractivity contribution in [3.8, 4) is 0 Å². The molecule has 0 bridgehead atoms. The number of carbonyl (C=O) groups excluding carboxylic acids is 1. The van der Waals surface area contributed by atoms with Crippen LogP contribution in [0.3, 0.4) is 0 Å². The van der Waals surface area contributed by atoms with E-state index in [1.165, 1.54) is 10.6 Å². The van der Waals surface area contributed by atoms with E-state index in [-0.39, 0.29) is 12.5 Å². The summed E-state index contributed by atoms with van der Waals surface area (Å²) in [6.45, 7) is 6.12. The minimum atomic E-state index is -3.46. The molecule has 5 nitrogen and oxygen atoms in total. The third-order valence-corrected chi connectivity index (χ3v) is 4.94. The average Bonchev–Trinajstić information content (AvgIpc) is 2.58. The third kappa shape index (κ3) is 4.93. The maximum absolute atomic E-state index is 12.2. The van der Waals surface area contributed by atoms with Gasteiger partial charge in [-0.15, -0.1) is 6.58 Å². The number of sulfonamides is 1. The number of carbonyl (C=O) groups is 1. The van der Waals surface area contributed by atoms with Gasteiger partial charge in [-0.1, -0.05) is 30.3 Å². The number of benzene rings is 2. The Morgan fingerprint density at radius 1 is 1.16 bits per heavy atom. The second-order valence-corrected chi connectivity index (χ2v) is 7.65. The van der Waals surface area contributed by atoms with E-state index in [9.17, 15) is 13.2 Å². The molecule has 0 aliphatic carbocycles. The van der Waals surface area contributed by atoms with Gasteiger partial charge in [0.2, 0.25) is 10.0 Å². The van der Waals surface area contributed by atoms with Gasteiger partial charge in [0.05, 0.1) is 18.5 Å². The lowest BCUT2D eigenvalue weighted by atomic mass is 10.1. The van der Waals surface area contributed by atoms with Crippen molar-refractivity contribution < 1.29 is 13.2 Å². The number of nitrogens with zero attached hydrogens (tertiary/aromatic N) is 1. The lowest BCUT2D eigenvalue weighted by Gasteiger charge is -2.23. The predicted molar refractivity (Wildman–Crippen MR) is 101 cm³/mol. The summed E-state index contributed by atoms with van der Waals surface area (Å²) in [4.78, 5) is 11.9. The topological polar surface area (TPSA) is 66.5 Å². The van der Waals surface area contributed by atoms with Crippen molar-refractivity contribution >= 4 is 21.6 Å². The fraction of sp³-hybridized carbons (Fsp3) is 0.211. The van der Waals surface area contributed by atoms with Gasteiger partial charge in [0.1, 0.15) is 0 Å². The summed E-state index contributed by atoms with van der Waals surface area (Å²) in [7, 11) is -3.46. The average molecular weight is 358 g/mol. The molecular weight excluding hydrogens is 336 g/mol. The molecule has 2 rings (SSSR count). The molecule has 0 saturated carbocycles. The summed E-state index contributed by atoms with van der Waals surface area (Å²) in [5.41, 5.74) is 2.94. The molecule has 0 atom stereocenters. The molecule has 6 heteroatoms. The Balaban J connectivity index is 2.29. The van der Waals surface area contributed by atoms with Crippen LogP contribution in [0.25, 0.3) is 0 Å². The Morgan fingerprint density at radius 2 is 1.80 bits per heavy atom. The standard InChI is InChI=1S/C19H22N2O3S/c1-4-13-20-19(22)16-9-11-18(12-10-16)21(25(3,23)24)14-17-8-6-5-7-15(17)2/h4-12H,1,13-14H2,2-3H3,(H,20,22). The van der Waals surface area contributed by atoms with E-state index >= 15 is 0 Å². The SMILES string of the molecule is C=CCNC(=O)c1ccc(N(Cc2ccccc2C)S(C)(=O)=O)cc1. The molecule has 0 aliphatic rings. The molecule has 0 aliphatic heterocycles. The van der Waals surface area contributed by atoms with Crippen molar-refractivity contribution in [3.63, 3.8) is 0 Å². The quantitative estimate of drug-likeness (QED) is 0.774. The lowest BCUT2D eigenvalue weighted by molar-refractivity contribution is 0.0958. The molecule has 0 heterocycles. The molecule has 25 heavy (non-hydrogen) atoms. The second-order valence-electron chi connectivity index (χ2n) is 5.74. The molecule has 2 aromatic carbocycles. The highest BCUT2D eigenvalue weighted by Gasteiger charge is 2.19. The van der Waals surface area contributed by atoms with Crippen LogP contribution < -0.4 is 9.62 Å². The van der Waals surface area contributed by atoms with Gasteiger partial charge in [-0.05, 0) is 42.3 Å². The summed E-state index contributed by atoms with van der Waals surface area (Å²) in [5, 5.41) is 2.69. The largest absolute Gasteiger partial charge is 0.349 e. The Morgan fingerprint density at radius 3 is 2.36 bits per heavy atom. The monoisotopic (exact) mass is 358 g/mol. The van der Waals surface area contributed by atoms with Crippen molar-refractivity contribution in [1.29, 1.82) is 0 Å². The molecule has 0 radical (unpaired) electrons. The minimum Gasteiger partial charge on any atom is -0.349 e. The van der Waals surface area contributed by atoms with Crippen molar-refractivity contribution in [3.05, 3.63) is 77.9 Å². The highest BCUT2D eigenvalue weighted by molar-refractivity contribution is 7.92. The van der Waals surface area contributed by atoms with E-state index < -0.39 is 10.0 Å². The van der Waals surface area contributed by atoms with Crippen LogP contribution in [0.2, 0.25) is 0 Å². The van der Waals surface area contributed by atoms with E-state index in [0.717, 1.165) is 11.1 Å². The Labute approximate surface area is 149 Å². The van der Waals surface area contributed by atoms with Crippen LogP contribution in [-0.4, -0.2) is 27.1 Å². The predicted octanol–water partition coefficient (Wildman–Crippen LogP) is 2.88. The Hall–Kier alpha value is -2.60. The molecule has 2 aromatic rings. The van der Waals surface area contributed by atoms with Crippen LogP contribution in [0.15, 0.2) is 61.2 Å². The number of hydrogen-bond donors (Lipinski definition) is 1. The molecular formula is C19H22N2O3S. The number of aryl methyl sites for hydroxylation is 1. The fourth-order valence-corrected chi connectivity index (χ4v) is 3.27. The van der Waals surface area contributed by atoms with E-state index in [4.69, 9.17) is 0 Å². The fourth-order valence-electron chi connectivity index (χ4n) is 2.39. The van der Waals surface area contributed by atoms with Crippen LogP contribution >= 0.6 is 0 Å². The van der Waals surface area contributed by atoms with E-state index in [2.05, 4.69) is 11.9 Å². The molecule has 0 aromatic heterocycles. The van der Waals surface area contributed by atoms with Crippen LogP contribution in [-0.2, 0) is 16.6 Å². The first-order valence-electron chi connectivity index (χ1n) is 7.84. The summed E-state index contributed by atoms with van der Waals surface area (Å²) < 4.78 is 25.8. The van der Waals surface area contributed by atoms with Crippen LogP contribution in [0, 0.1) is 6.92 Å². The minimum absolute atomic E-state index is 0.226. The normalized spacial score (nSPS) is 11.0. The summed E-state index contributed by atoms with van der Waals surface area (Å²) in [6.07, 6.45) is 2.77. The van der Waals surface area contributed by atoms with E-state index in [0.29, 0.717) is 17.8 Å². The van der Waals surface area contributed by atoms with Crippen molar-refractivity contribution in [2.45, 2.75) is 13.5 Å². The number of nitrogens with one attached hydrogen (secondary N) is 1. The van der Waals surface area contributed by atoms with Gasteiger partial charge >= 0.3 is 0 Å². The van der Waals surface area contributed by atoms with Crippen molar-refractivity contribution in [1.82, 2.24) is 5.32 Å². The van der Waals surface area contributed by atoms with Gasteiger partial charge in [0, 0.05) is 12.1 Å². The van der Waals surface area contributed by atoms with Crippen LogP contribution in [0.1, 0.15) is 21.5 Å². The van der Waals surface area contributed by atoms with E-state index in [1.54, 1.807) is 30.3 Å². The highest BCUT2D eigenvalue weighted by Crippen LogP contribution is 2.22. The van der Waals surface area contributed by atoms with Gasteiger partial charge in [-0.25, -0.2) is 8.42 Å². The number of rotatable bonds is 7. The maximum Gasteiger partial charge on any atom is 0.251 e. The van der Waals surface area contributed by atoms with Gasteiger partial charge in [0.15, 0.2) is 0 Å². The number of hydrogen-bond acceptors (Lipinski definition) is 3. The summed E-state index contributed by atoms with van der Waals surface area (Å²) in [6, 6.07) is 14.2. The molecule has 0 saturated heterocycles. The Bertz CT molecular complexity index is 858. The van der Waals surface area contributed by atoms with Crippen LogP contribution in [0.4, 0.5) is 5.69 Å². The van der Waals surface area contributed by atoms with Crippen molar-refractivity contribution in [2.75, 3.05) is 17.1 Å². The second kappa shape index (κ2) is 7.98. The van der Waals surface area contributed by atoms with Gasteiger partial charge < -0.3 is 5.32 Å². The first-order chi connectivity index (χ1) is 11.8. The van der Waals surface area contributed by atoms with Crippen molar-refractivity contribution in [2.24, 2.45) is 0 Å². The highest BCUT2D eigenvalue weighted by atomic mass is 32.2. The number of anilines is 1. The number of amides is 1. The van der Waals surface area contributed by atoms with E-state index in [1.807, 2.05) is 31.2 Å². The zero-order valence-corrected chi connectivity index (χ0v) is 15.2. The zero-order valence-electron chi connectivity index (χ0n) is 14.4. The van der Waals surface area contributed by atoms with Gasteiger partial charge in [-0.2, -0.15) is 0 Å². The first-order valence-corrected chi connectivity index (χ1v) is 9.69. The molecule has 0 unspecified atom stereocenters. The van der Waals surface area contributed by atoms with Gasteiger partial charge in [0.25, 0.3) is 5.91 Å². The summed E-state index contributed by atoms with van der Waals surface area (Å²) in [5.74, 6) is -0.226. The van der Waals surface area contributed by atoms with Crippen LogP contribution in [0.5, 0.6) is 0 Å². The zero-order chi connectivity index (χ0) is 18.4. The lowest BCUT2D eigenvalue weighted by Crippen LogP contribution is -2.29. The smallest absolute Gasteiger partial charge is 0.251 e. The van der Waals surface area contributed by atoms with Gasteiger partial charge in [-0.3, -0.25) is 9.10 Å². The third-order valence-electron chi connectivity index (χ3n) is 3.80.